The fraction of sp³-hybridized carbons (Fsp3) is 0.900. The van der Waals surface area contributed by atoms with Gasteiger partial charge < -0.3 is 10.2 Å². The number of rotatable bonds is 2. The van der Waals surface area contributed by atoms with E-state index in [2.05, 4.69) is 4.90 Å². The molecule has 0 spiro atoms. The van der Waals surface area contributed by atoms with E-state index in [4.69, 9.17) is 5.11 Å². The maximum absolute atomic E-state index is 10.6. The van der Waals surface area contributed by atoms with Crippen molar-refractivity contribution in [2.75, 3.05) is 13.1 Å². The van der Waals surface area contributed by atoms with Gasteiger partial charge in [-0.2, -0.15) is 0 Å². The maximum Gasteiger partial charge on any atom is 0.309 e. The molecule has 2 unspecified atom stereocenters. The number of hydrogen-bond acceptors (Lipinski definition) is 3. The average Bonchev–Trinajstić information content (AvgIpc) is 2.05. The van der Waals surface area contributed by atoms with E-state index in [1.54, 1.807) is 0 Å². The summed E-state index contributed by atoms with van der Waals surface area (Å²) in [6, 6.07) is 0.222. The zero-order valence-corrected chi connectivity index (χ0v) is 8.22. The van der Waals surface area contributed by atoms with Crippen molar-refractivity contribution in [1.29, 1.82) is 0 Å². The summed E-state index contributed by atoms with van der Waals surface area (Å²) in [7, 11) is 0. The lowest BCUT2D eigenvalue weighted by Gasteiger charge is -2.45. The minimum absolute atomic E-state index is 0.205. The third kappa shape index (κ3) is 1.77. The van der Waals surface area contributed by atoms with Crippen LogP contribution in [0.15, 0.2) is 0 Å². The largest absolute Gasteiger partial charge is 0.481 e. The Balaban J connectivity index is 1.83. The second-order valence-corrected chi connectivity index (χ2v) is 4.41. The zero-order chi connectivity index (χ0) is 10.1. The van der Waals surface area contributed by atoms with Crippen LogP contribution in [0.3, 0.4) is 0 Å². The molecule has 2 fully saturated rings. The van der Waals surface area contributed by atoms with Gasteiger partial charge in [0, 0.05) is 19.1 Å². The summed E-state index contributed by atoms with van der Waals surface area (Å²) in [4.78, 5) is 12.7. The van der Waals surface area contributed by atoms with Gasteiger partial charge in [-0.1, -0.05) is 12.8 Å². The normalized spacial score (nSPS) is 35.2. The van der Waals surface area contributed by atoms with Gasteiger partial charge in [-0.3, -0.25) is 9.69 Å². The van der Waals surface area contributed by atoms with Gasteiger partial charge in [0.2, 0.25) is 0 Å². The number of carboxylic acid groups (broad SMARTS) is 1. The second-order valence-electron chi connectivity index (χ2n) is 4.41. The van der Waals surface area contributed by atoms with Crippen molar-refractivity contribution in [2.24, 2.45) is 5.92 Å². The Morgan fingerprint density at radius 1 is 1.21 bits per heavy atom. The molecule has 1 heterocycles. The third-order valence-corrected chi connectivity index (χ3v) is 3.42. The Hall–Kier alpha value is -0.610. The van der Waals surface area contributed by atoms with Crippen molar-refractivity contribution < 1.29 is 15.0 Å². The lowest BCUT2D eigenvalue weighted by molar-refractivity contribution is -0.150. The van der Waals surface area contributed by atoms with Crippen molar-refractivity contribution in [3.63, 3.8) is 0 Å². The first-order valence-corrected chi connectivity index (χ1v) is 5.33. The summed E-state index contributed by atoms with van der Waals surface area (Å²) < 4.78 is 0. The van der Waals surface area contributed by atoms with Crippen molar-refractivity contribution in [2.45, 2.75) is 37.8 Å². The number of hydrogen-bond donors (Lipinski definition) is 2. The Morgan fingerprint density at radius 2 is 1.86 bits per heavy atom. The van der Waals surface area contributed by atoms with Gasteiger partial charge in [0.05, 0.1) is 12.0 Å². The fourth-order valence-corrected chi connectivity index (χ4v) is 2.46. The first-order chi connectivity index (χ1) is 6.68. The second kappa shape index (κ2) is 3.87. The standard InChI is InChI=1S/C10H17NO3/c12-9-4-2-1-3-8(9)11-5-7(6-11)10(13)14/h7-9,12H,1-6H2,(H,13,14). The summed E-state index contributed by atoms with van der Waals surface area (Å²) >= 11 is 0. The molecule has 80 valence electrons. The minimum atomic E-state index is -0.702. The SMILES string of the molecule is O=C(O)C1CN(C2CCCCC2O)C1. The molecular formula is C10H17NO3. The van der Waals surface area contributed by atoms with Crippen LogP contribution in [0.5, 0.6) is 0 Å². The highest BCUT2D eigenvalue weighted by Crippen LogP contribution is 2.28. The zero-order valence-electron chi connectivity index (χ0n) is 8.22. The number of carboxylic acids is 1. The highest BCUT2D eigenvalue weighted by molar-refractivity contribution is 5.71. The van der Waals surface area contributed by atoms with E-state index < -0.39 is 5.97 Å². The number of aliphatic hydroxyl groups excluding tert-OH is 1. The van der Waals surface area contributed by atoms with Crippen molar-refractivity contribution in [1.82, 2.24) is 4.90 Å². The van der Waals surface area contributed by atoms with Gasteiger partial charge >= 0.3 is 5.97 Å². The molecule has 1 saturated carbocycles. The molecule has 2 atom stereocenters. The molecule has 4 heteroatoms. The molecular weight excluding hydrogens is 182 g/mol. The van der Waals surface area contributed by atoms with Crippen LogP contribution in [0.1, 0.15) is 25.7 Å². The van der Waals surface area contributed by atoms with Crippen molar-refractivity contribution in [3.05, 3.63) is 0 Å². The van der Waals surface area contributed by atoms with Gasteiger partial charge in [-0.05, 0) is 12.8 Å². The molecule has 0 aromatic carbocycles. The predicted molar refractivity (Wildman–Crippen MR) is 51.0 cm³/mol. The smallest absolute Gasteiger partial charge is 0.309 e. The molecule has 0 bridgehead atoms. The lowest BCUT2D eigenvalue weighted by atomic mass is 9.87. The van der Waals surface area contributed by atoms with Gasteiger partial charge in [-0.15, -0.1) is 0 Å². The summed E-state index contributed by atoms with van der Waals surface area (Å²) in [5.74, 6) is -0.907. The molecule has 0 aromatic rings. The van der Waals surface area contributed by atoms with Crippen LogP contribution >= 0.6 is 0 Å². The number of carbonyl (C=O) groups is 1. The molecule has 14 heavy (non-hydrogen) atoms. The molecule has 1 saturated heterocycles. The third-order valence-electron chi connectivity index (χ3n) is 3.42. The van der Waals surface area contributed by atoms with E-state index in [0.29, 0.717) is 13.1 Å². The van der Waals surface area contributed by atoms with Crippen LogP contribution in [0.4, 0.5) is 0 Å². The molecule has 2 N–H and O–H groups in total. The van der Waals surface area contributed by atoms with Gasteiger partial charge in [0.15, 0.2) is 0 Å². The van der Waals surface area contributed by atoms with Crippen LogP contribution < -0.4 is 0 Å². The Kier molecular flexibility index (Phi) is 2.74. The number of aliphatic hydroxyl groups is 1. The Labute approximate surface area is 83.5 Å². The topological polar surface area (TPSA) is 60.8 Å². The predicted octanol–water partition coefficient (Wildman–Crippen LogP) is 0.306. The van der Waals surface area contributed by atoms with Crippen molar-refractivity contribution >= 4 is 5.97 Å². The molecule has 2 aliphatic rings. The highest BCUT2D eigenvalue weighted by Gasteiger charge is 2.39. The van der Waals surface area contributed by atoms with Crippen LogP contribution in [0.2, 0.25) is 0 Å². The molecule has 1 aliphatic heterocycles. The lowest BCUT2D eigenvalue weighted by Crippen LogP contribution is -2.58. The minimum Gasteiger partial charge on any atom is -0.481 e. The van der Waals surface area contributed by atoms with Crippen LogP contribution in [-0.2, 0) is 4.79 Å². The molecule has 1 aliphatic carbocycles. The fourth-order valence-electron chi connectivity index (χ4n) is 2.46. The van der Waals surface area contributed by atoms with E-state index in [9.17, 15) is 9.90 Å². The van der Waals surface area contributed by atoms with Crippen molar-refractivity contribution in [3.8, 4) is 0 Å². The van der Waals surface area contributed by atoms with Gasteiger partial charge in [0.1, 0.15) is 0 Å². The molecule has 2 rings (SSSR count). The van der Waals surface area contributed by atoms with Gasteiger partial charge in [-0.25, -0.2) is 0 Å². The summed E-state index contributed by atoms with van der Waals surface area (Å²) in [6.45, 7) is 1.24. The average molecular weight is 199 g/mol. The molecule has 0 aromatic heterocycles. The molecule has 0 radical (unpaired) electrons. The van der Waals surface area contributed by atoms with E-state index in [-0.39, 0.29) is 18.1 Å². The van der Waals surface area contributed by atoms with Gasteiger partial charge in [0.25, 0.3) is 0 Å². The highest BCUT2D eigenvalue weighted by atomic mass is 16.4. The summed E-state index contributed by atoms with van der Waals surface area (Å²) in [5, 5.41) is 18.5. The van der Waals surface area contributed by atoms with E-state index >= 15 is 0 Å². The summed E-state index contributed by atoms with van der Waals surface area (Å²) in [5.41, 5.74) is 0. The Morgan fingerprint density at radius 3 is 2.43 bits per heavy atom. The first-order valence-electron chi connectivity index (χ1n) is 5.33. The summed E-state index contributed by atoms with van der Waals surface area (Å²) in [6.07, 6.45) is 3.93. The number of aliphatic carboxylic acids is 1. The monoisotopic (exact) mass is 199 g/mol. The maximum atomic E-state index is 10.6. The number of nitrogens with zero attached hydrogens (tertiary/aromatic N) is 1. The van der Waals surface area contributed by atoms with Crippen LogP contribution in [0.25, 0.3) is 0 Å². The van der Waals surface area contributed by atoms with E-state index in [1.807, 2.05) is 0 Å². The first kappa shape index (κ1) is 9.93. The van der Waals surface area contributed by atoms with Crippen LogP contribution in [-0.4, -0.2) is 46.3 Å². The number of likely N-dealkylation sites (tertiary alicyclic amines) is 1. The molecule has 4 nitrogen and oxygen atoms in total. The molecule has 0 amide bonds. The van der Waals surface area contributed by atoms with E-state index in [0.717, 1.165) is 25.7 Å². The quantitative estimate of drug-likeness (QED) is 0.671. The van der Waals surface area contributed by atoms with E-state index in [1.165, 1.54) is 0 Å². The Bertz CT molecular complexity index is 225. The van der Waals surface area contributed by atoms with Crippen LogP contribution in [0, 0.1) is 5.92 Å².